The van der Waals surface area contributed by atoms with Gasteiger partial charge in [0.1, 0.15) is 11.5 Å². The van der Waals surface area contributed by atoms with E-state index in [2.05, 4.69) is 15.7 Å². The Morgan fingerprint density at radius 1 is 0.964 bits per heavy atom. The van der Waals surface area contributed by atoms with Crippen LogP contribution in [-0.4, -0.2) is 25.6 Å². The zero-order chi connectivity index (χ0) is 19.5. The highest BCUT2D eigenvalue weighted by Crippen LogP contribution is 2.30. The number of nitrogens with zero attached hydrogens (tertiary/aromatic N) is 4. The van der Waals surface area contributed by atoms with Crippen molar-refractivity contribution < 1.29 is 4.79 Å². The topological polar surface area (TPSA) is 76.8 Å². The lowest BCUT2D eigenvalue weighted by atomic mass is 10.1. The Morgan fingerprint density at radius 2 is 1.64 bits per heavy atom. The van der Waals surface area contributed by atoms with E-state index in [4.69, 9.17) is 5.10 Å². The normalized spacial score (nSPS) is 10.6. The van der Waals surface area contributed by atoms with Gasteiger partial charge < -0.3 is 5.32 Å². The highest BCUT2D eigenvalue weighted by Gasteiger charge is 2.19. The molecule has 7 heteroatoms. The van der Waals surface area contributed by atoms with E-state index >= 15 is 0 Å². The summed E-state index contributed by atoms with van der Waals surface area (Å²) < 4.78 is 3.47. The van der Waals surface area contributed by atoms with Gasteiger partial charge in [-0.15, -0.1) is 0 Å². The molecule has 0 fully saturated rings. The van der Waals surface area contributed by atoms with E-state index in [1.807, 2.05) is 80.8 Å². The molecule has 0 atom stereocenters. The lowest BCUT2D eigenvalue weighted by Crippen LogP contribution is -2.21. The first kappa shape index (κ1) is 17.5. The molecule has 0 saturated heterocycles. The molecule has 0 bridgehead atoms. The maximum Gasteiger partial charge on any atom is 0.324 e. The van der Waals surface area contributed by atoms with E-state index in [-0.39, 0.29) is 6.03 Å². The predicted molar refractivity (Wildman–Crippen MR) is 110 cm³/mol. The van der Waals surface area contributed by atoms with Gasteiger partial charge in [0, 0.05) is 30.1 Å². The van der Waals surface area contributed by atoms with Crippen LogP contribution in [0.5, 0.6) is 0 Å². The van der Waals surface area contributed by atoms with Crippen LogP contribution in [0.2, 0.25) is 0 Å². The fourth-order valence-electron chi connectivity index (χ4n) is 3.01. The van der Waals surface area contributed by atoms with Crippen LogP contribution in [0.3, 0.4) is 0 Å². The Morgan fingerprint density at radius 3 is 2.29 bits per heavy atom. The second-order valence-electron chi connectivity index (χ2n) is 6.42. The van der Waals surface area contributed by atoms with Crippen LogP contribution in [0.15, 0.2) is 73.1 Å². The number of para-hydroxylation sites is 2. The molecule has 0 aliphatic heterocycles. The minimum Gasteiger partial charge on any atom is -0.308 e. The second kappa shape index (κ2) is 7.40. The van der Waals surface area contributed by atoms with Crippen molar-refractivity contribution in [2.75, 3.05) is 10.6 Å². The number of hydrogen-bond acceptors (Lipinski definition) is 3. The summed E-state index contributed by atoms with van der Waals surface area (Å²) in [5.41, 5.74) is 4.10. The summed E-state index contributed by atoms with van der Waals surface area (Å²) in [6.07, 6.45) is 3.66. The Bertz CT molecular complexity index is 1100. The molecular weight excluding hydrogens is 352 g/mol. The Hall–Kier alpha value is -3.87. The first-order chi connectivity index (χ1) is 13.6. The molecule has 0 aliphatic rings. The zero-order valence-electron chi connectivity index (χ0n) is 15.6. The van der Waals surface area contributed by atoms with Gasteiger partial charge in [-0.3, -0.25) is 10.00 Å². The molecule has 28 heavy (non-hydrogen) atoms. The lowest BCUT2D eigenvalue weighted by molar-refractivity contribution is 0.262. The van der Waals surface area contributed by atoms with Gasteiger partial charge in [-0.25, -0.2) is 9.48 Å². The fraction of sp³-hybridized carbons (Fsp3) is 0.0952. The molecule has 4 rings (SSSR count). The molecule has 0 aliphatic carbocycles. The third-order valence-corrected chi connectivity index (χ3v) is 4.36. The van der Waals surface area contributed by atoms with Gasteiger partial charge in [0.15, 0.2) is 0 Å². The van der Waals surface area contributed by atoms with Gasteiger partial charge in [-0.1, -0.05) is 36.4 Å². The molecule has 2 aromatic heterocycles. The average Bonchev–Trinajstić information content (AvgIpc) is 3.27. The van der Waals surface area contributed by atoms with Gasteiger partial charge in [0.05, 0.1) is 11.9 Å². The highest BCUT2D eigenvalue weighted by atomic mass is 16.2. The maximum atomic E-state index is 12.6. The van der Waals surface area contributed by atoms with Crippen LogP contribution in [0.1, 0.15) is 5.56 Å². The second-order valence-corrected chi connectivity index (χ2v) is 6.42. The number of rotatable bonds is 4. The smallest absolute Gasteiger partial charge is 0.308 e. The summed E-state index contributed by atoms with van der Waals surface area (Å²) in [6.45, 7) is 1.94. The quantitative estimate of drug-likeness (QED) is 0.563. The summed E-state index contributed by atoms with van der Waals surface area (Å²) in [6, 6.07) is 18.7. The summed E-state index contributed by atoms with van der Waals surface area (Å²) in [4.78, 5) is 12.6. The first-order valence-corrected chi connectivity index (χ1v) is 8.89. The third kappa shape index (κ3) is 3.50. The van der Waals surface area contributed by atoms with Crippen molar-refractivity contribution in [3.8, 4) is 16.9 Å². The van der Waals surface area contributed by atoms with Gasteiger partial charge >= 0.3 is 6.03 Å². The van der Waals surface area contributed by atoms with E-state index in [0.717, 1.165) is 28.2 Å². The number of urea groups is 1. The van der Waals surface area contributed by atoms with Gasteiger partial charge in [0.25, 0.3) is 0 Å². The molecule has 4 aromatic rings. The van der Waals surface area contributed by atoms with Gasteiger partial charge in [0.2, 0.25) is 0 Å². The van der Waals surface area contributed by atoms with Crippen LogP contribution in [0.4, 0.5) is 16.3 Å². The number of anilines is 2. The van der Waals surface area contributed by atoms with E-state index < -0.39 is 0 Å². The van der Waals surface area contributed by atoms with Crippen LogP contribution < -0.4 is 10.6 Å². The van der Waals surface area contributed by atoms with E-state index in [9.17, 15) is 4.79 Å². The monoisotopic (exact) mass is 372 g/mol. The molecule has 2 amide bonds. The number of aryl methyl sites for hydroxylation is 1. The molecule has 0 spiro atoms. The van der Waals surface area contributed by atoms with Crippen molar-refractivity contribution in [2.24, 2.45) is 7.05 Å². The van der Waals surface area contributed by atoms with Crippen molar-refractivity contribution in [1.82, 2.24) is 19.6 Å². The van der Waals surface area contributed by atoms with E-state index in [1.54, 1.807) is 15.6 Å². The molecule has 7 nitrogen and oxygen atoms in total. The summed E-state index contributed by atoms with van der Waals surface area (Å²) in [7, 11) is 1.86. The standard InChI is InChI=1S/C21H20N6O/c1-15-19(16-13-22-26(2)14-16)25-27(18-11-7-4-8-12-18)20(15)24-21(28)23-17-9-5-3-6-10-17/h3-14H,1-2H3,(H2,23,24,28). The minimum atomic E-state index is -0.330. The predicted octanol–water partition coefficient (Wildman–Crippen LogP) is 4.23. The largest absolute Gasteiger partial charge is 0.324 e. The molecule has 0 unspecified atom stereocenters. The number of amides is 2. The van der Waals surface area contributed by atoms with Crippen LogP contribution in [0, 0.1) is 6.92 Å². The van der Waals surface area contributed by atoms with Crippen molar-refractivity contribution >= 4 is 17.5 Å². The third-order valence-electron chi connectivity index (χ3n) is 4.36. The number of carbonyl (C=O) groups excluding carboxylic acids is 1. The number of nitrogens with one attached hydrogen (secondary N) is 2. The van der Waals surface area contributed by atoms with Crippen LogP contribution in [0.25, 0.3) is 16.9 Å². The molecule has 2 aromatic carbocycles. The average molecular weight is 372 g/mol. The highest BCUT2D eigenvalue weighted by molar-refractivity contribution is 6.00. The summed E-state index contributed by atoms with van der Waals surface area (Å²) in [5.74, 6) is 0.610. The lowest BCUT2D eigenvalue weighted by Gasteiger charge is -2.11. The van der Waals surface area contributed by atoms with Crippen LogP contribution >= 0.6 is 0 Å². The SMILES string of the molecule is Cc1c(-c2cnn(C)c2)nn(-c2ccccc2)c1NC(=O)Nc1ccccc1. The Kier molecular flexibility index (Phi) is 4.63. The molecule has 0 saturated carbocycles. The fourth-order valence-corrected chi connectivity index (χ4v) is 3.01. The van der Waals surface area contributed by atoms with Crippen molar-refractivity contribution in [3.05, 3.63) is 78.6 Å². The minimum absolute atomic E-state index is 0.330. The van der Waals surface area contributed by atoms with Gasteiger partial charge in [-0.05, 0) is 31.2 Å². The number of benzene rings is 2. The summed E-state index contributed by atoms with van der Waals surface area (Å²) in [5, 5.41) is 14.8. The number of carbonyl (C=O) groups is 1. The van der Waals surface area contributed by atoms with Crippen molar-refractivity contribution in [1.29, 1.82) is 0 Å². The molecule has 2 N–H and O–H groups in total. The number of hydrogen-bond donors (Lipinski definition) is 2. The maximum absolute atomic E-state index is 12.6. The molecule has 140 valence electrons. The van der Waals surface area contributed by atoms with Crippen molar-refractivity contribution in [3.63, 3.8) is 0 Å². The van der Waals surface area contributed by atoms with Crippen molar-refractivity contribution in [2.45, 2.75) is 6.92 Å². The zero-order valence-corrected chi connectivity index (χ0v) is 15.6. The summed E-state index contributed by atoms with van der Waals surface area (Å²) >= 11 is 0. The Balaban J connectivity index is 1.72. The van der Waals surface area contributed by atoms with Gasteiger partial charge in [-0.2, -0.15) is 10.2 Å². The van der Waals surface area contributed by atoms with E-state index in [1.165, 1.54) is 0 Å². The Labute approximate surface area is 162 Å². The molecule has 0 radical (unpaired) electrons. The number of aromatic nitrogens is 4. The van der Waals surface area contributed by atoms with Crippen LogP contribution in [-0.2, 0) is 7.05 Å². The van der Waals surface area contributed by atoms with E-state index in [0.29, 0.717) is 5.82 Å². The molecular formula is C21H20N6O. The molecule has 2 heterocycles. The first-order valence-electron chi connectivity index (χ1n) is 8.89.